The number of amides is 2. The number of anilines is 1. The fourth-order valence-corrected chi connectivity index (χ4v) is 4.03. The first kappa shape index (κ1) is 19.0. The van der Waals surface area contributed by atoms with Gasteiger partial charge in [-0.15, -0.1) is 22.7 Å². The lowest BCUT2D eigenvalue weighted by Crippen LogP contribution is -2.44. The molecule has 0 atom stereocenters. The maximum Gasteiger partial charge on any atom is 0.267 e. The quantitative estimate of drug-likeness (QED) is 0.591. The van der Waals surface area contributed by atoms with Gasteiger partial charge in [-0.05, 0) is 24.4 Å². The van der Waals surface area contributed by atoms with E-state index in [0.29, 0.717) is 22.2 Å². The normalized spacial score (nSPS) is 14.9. The number of thiazole rings is 1. The van der Waals surface area contributed by atoms with Crippen LogP contribution >= 0.6 is 22.7 Å². The Hall–Kier alpha value is -1.81. The van der Waals surface area contributed by atoms with E-state index in [1.165, 1.54) is 22.7 Å². The largest absolute Gasteiger partial charge is 0.356 e. The van der Waals surface area contributed by atoms with E-state index in [9.17, 15) is 9.59 Å². The van der Waals surface area contributed by atoms with Gasteiger partial charge < -0.3 is 15.5 Å². The summed E-state index contributed by atoms with van der Waals surface area (Å²) in [7, 11) is 0. The van der Waals surface area contributed by atoms with Gasteiger partial charge in [-0.1, -0.05) is 6.07 Å². The highest BCUT2D eigenvalue weighted by Gasteiger charge is 2.12. The Balaban J connectivity index is 1.35. The minimum Gasteiger partial charge on any atom is -0.356 e. The first-order valence-corrected chi connectivity index (χ1v) is 10.5. The molecule has 26 heavy (non-hydrogen) atoms. The van der Waals surface area contributed by atoms with Crippen molar-refractivity contribution < 1.29 is 9.59 Å². The van der Waals surface area contributed by atoms with Crippen molar-refractivity contribution in [3.63, 3.8) is 0 Å². The minimum atomic E-state index is -0.168. The topological polar surface area (TPSA) is 86.4 Å². The highest BCUT2D eigenvalue weighted by Crippen LogP contribution is 2.18. The lowest BCUT2D eigenvalue weighted by Gasteiger charge is -2.27. The molecule has 1 saturated heterocycles. The average molecular weight is 394 g/mol. The third-order valence-corrected chi connectivity index (χ3v) is 5.72. The smallest absolute Gasteiger partial charge is 0.267 e. The van der Waals surface area contributed by atoms with Crippen molar-refractivity contribution in [3.05, 3.63) is 33.5 Å². The van der Waals surface area contributed by atoms with E-state index in [-0.39, 0.29) is 18.2 Å². The van der Waals surface area contributed by atoms with E-state index in [1.54, 1.807) is 6.07 Å². The molecule has 7 nitrogen and oxygen atoms in total. The molecule has 0 radical (unpaired) electrons. The lowest BCUT2D eigenvalue weighted by atomic mass is 10.3. The number of hydrogen-bond donors (Lipinski definition) is 3. The Kier molecular flexibility index (Phi) is 7.13. The summed E-state index contributed by atoms with van der Waals surface area (Å²) in [6, 6.07) is 3.60. The number of hydrogen-bond acceptors (Lipinski definition) is 7. The standard InChI is InChI=1S/C17H23N5O2S2/c23-15(19-4-2-7-22-8-5-18-6-9-22)11-13-12-26-17(20-13)21-16(24)14-3-1-10-25-14/h1,3,10,12,18H,2,4-9,11H2,(H,19,23)(H,20,21,24). The van der Waals surface area contributed by atoms with Crippen LogP contribution in [-0.2, 0) is 11.2 Å². The summed E-state index contributed by atoms with van der Waals surface area (Å²) in [5, 5.41) is 13.2. The van der Waals surface area contributed by atoms with Gasteiger partial charge in [0.05, 0.1) is 17.0 Å². The molecule has 2 aromatic heterocycles. The number of carbonyl (C=O) groups is 2. The molecule has 3 heterocycles. The van der Waals surface area contributed by atoms with Crippen molar-refractivity contribution in [2.24, 2.45) is 0 Å². The third-order valence-electron chi connectivity index (χ3n) is 4.04. The molecule has 0 unspecified atom stereocenters. The SMILES string of the molecule is O=C(Cc1csc(NC(=O)c2cccs2)n1)NCCCN1CCNCC1. The summed E-state index contributed by atoms with van der Waals surface area (Å²) < 4.78 is 0. The molecule has 0 saturated carbocycles. The number of thiophene rings is 1. The van der Waals surface area contributed by atoms with Crippen molar-refractivity contribution in [2.45, 2.75) is 12.8 Å². The zero-order chi connectivity index (χ0) is 18.2. The highest BCUT2D eigenvalue weighted by atomic mass is 32.1. The summed E-state index contributed by atoms with van der Waals surface area (Å²) in [6.07, 6.45) is 1.18. The molecular formula is C17H23N5O2S2. The van der Waals surface area contributed by atoms with Crippen LogP contribution in [0.1, 0.15) is 21.8 Å². The van der Waals surface area contributed by atoms with E-state index >= 15 is 0 Å². The molecule has 3 rings (SSSR count). The summed E-state index contributed by atoms with van der Waals surface area (Å²) in [4.78, 5) is 31.4. The monoisotopic (exact) mass is 393 g/mol. The van der Waals surface area contributed by atoms with Crippen molar-refractivity contribution in [2.75, 3.05) is 44.6 Å². The first-order valence-electron chi connectivity index (χ1n) is 8.70. The summed E-state index contributed by atoms with van der Waals surface area (Å²) in [6.45, 7) is 5.93. The molecule has 3 N–H and O–H groups in total. The zero-order valence-corrected chi connectivity index (χ0v) is 16.1. The van der Waals surface area contributed by atoms with Crippen LogP contribution in [0.5, 0.6) is 0 Å². The third kappa shape index (κ3) is 5.87. The molecule has 0 bridgehead atoms. The second-order valence-electron chi connectivity index (χ2n) is 6.05. The van der Waals surface area contributed by atoms with Crippen LogP contribution in [0.3, 0.4) is 0 Å². The Morgan fingerprint density at radius 1 is 1.27 bits per heavy atom. The van der Waals surface area contributed by atoms with Gasteiger partial charge in [-0.25, -0.2) is 4.98 Å². The van der Waals surface area contributed by atoms with Crippen LogP contribution in [0, 0.1) is 0 Å². The van der Waals surface area contributed by atoms with Crippen molar-refractivity contribution in [3.8, 4) is 0 Å². The minimum absolute atomic E-state index is 0.0354. The number of nitrogens with one attached hydrogen (secondary N) is 3. The van der Waals surface area contributed by atoms with Gasteiger partial charge in [0.15, 0.2) is 5.13 Å². The number of piperazine rings is 1. The van der Waals surface area contributed by atoms with Crippen LogP contribution in [0.25, 0.3) is 0 Å². The average Bonchev–Trinajstić information content (AvgIpc) is 3.32. The fourth-order valence-electron chi connectivity index (χ4n) is 2.70. The Bertz CT molecular complexity index is 711. The molecule has 9 heteroatoms. The molecule has 140 valence electrons. The van der Waals surface area contributed by atoms with Gasteiger partial charge in [-0.3, -0.25) is 14.9 Å². The van der Waals surface area contributed by atoms with Crippen LogP contribution < -0.4 is 16.0 Å². The van der Waals surface area contributed by atoms with E-state index in [4.69, 9.17) is 0 Å². The van der Waals surface area contributed by atoms with Crippen molar-refractivity contribution in [1.29, 1.82) is 0 Å². The van der Waals surface area contributed by atoms with Gasteiger partial charge in [-0.2, -0.15) is 0 Å². The van der Waals surface area contributed by atoms with Crippen LogP contribution in [0.2, 0.25) is 0 Å². The fraction of sp³-hybridized carbons (Fsp3) is 0.471. The predicted octanol–water partition coefficient (Wildman–Crippen LogP) is 1.41. The molecule has 1 aliphatic rings. The van der Waals surface area contributed by atoms with E-state index in [0.717, 1.165) is 39.1 Å². The molecular weight excluding hydrogens is 370 g/mol. The maximum atomic E-state index is 12.0. The Morgan fingerprint density at radius 3 is 2.88 bits per heavy atom. The van der Waals surface area contributed by atoms with Gasteiger partial charge in [0.25, 0.3) is 5.91 Å². The number of nitrogens with zero attached hydrogens (tertiary/aromatic N) is 2. The van der Waals surface area contributed by atoms with Gasteiger partial charge in [0.1, 0.15) is 0 Å². The van der Waals surface area contributed by atoms with Crippen LogP contribution in [0.15, 0.2) is 22.9 Å². The molecule has 0 aromatic carbocycles. The summed E-state index contributed by atoms with van der Waals surface area (Å²) in [5.74, 6) is -0.204. The van der Waals surface area contributed by atoms with Crippen molar-refractivity contribution in [1.82, 2.24) is 20.5 Å². The van der Waals surface area contributed by atoms with Crippen molar-refractivity contribution >= 4 is 39.6 Å². The van der Waals surface area contributed by atoms with E-state index in [1.807, 2.05) is 16.8 Å². The van der Waals surface area contributed by atoms with Crippen LogP contribution in [-0.4, -0.2) is 61.0 Å². The highest BCUT2D eigenvalue weighted by molar-refractivity contribution is 7.14. The first-order chi connectivity index (χ1) is 12.7. The molecule has 2 aromatic rings. The van der Waals surface area contributed by atoms with Gasteiger partial charge in [0.2, 0.25) is 5.91 Å². The van der Waals surface area contributed by atoms with E-state index < -0.39 is 0 Å². The Morgan fingerprint density at radius 2 is 2.12 bits per heavy atom. The summed E-state index contributed by atoms with van der Waals surface area (Å²) >= 11 is 2.72. The maximum absolute atomic E-state index is 12.0. The lowest BCUT2D eigenvalue weighted by molar-refractivity contribution is -0.120. The summed E-state index contributed by atoms with van der Waals surface area (Å²) in [5.41, 5.74) is 0.677. The molecule has 0 aliphatic carbocycles. The van der Waals surface area contributed by atoms with E-state index in [2.05, 4.69) is 25.8 Å². The molecule has 0 spiro atoms. The second-order valence-corrected chi connectivity index (χ2v) is 7.85. The zero-order valence-electron chi connectivity index (χ0n) is 14.5. The predicted molar refractivity (Wildman–Crippen MR) is 105 cm³/mol. The number of carbonyl (C=O) groups excluding carboxylic acids is 2. The number of rotatable bonds is 8. The van der Waals surface area contributed by atoms with Gasteiger partial charge >= 0.3 is 0 Å². The Labute approximate surface area is 160 Å². The molecule has 1 fully saturated rings. The second kappa shape index (κ2) is 9.77. The van der Waals surface area contributed by atoms with Crippen LogP contribution in [0.4, 0.5) is 5.13 Å². The molecule has 1 aliphatic heterocycles. The molecule has 2 amide bonds. The number of aromatic nitrogens is 1. The van der Waals surface area contributed by atoms with Gasteiger partial charge in [0, 0.05) is 38.1 Å².